The third-order valence-corrected chi connectivity index (χ3v) is 8.62. The van der Waals surface area contributed by atoms with Crippen molar-refractivity contribution in [1.29, 1.82) is 0 Å². The highest BCUT2D eigenvalue weighted by Gasteiger charge is 2.52. The van der Waals surface area contributed by atoms with Crippen LogP contribution in [0.25, 0.3) is 11.2 Å². The van der Waals surface area contributed by atoms with Crippen LogP contribution >= 0.6 is 7.82 Å². The van der Waals surface area contributed by atoms with E-state index < -0.39 is 37.9 Å². The molecule has 0 saturated carbocycles. The molecule has 4 rings (SSSR count). The lowest BCUT2D eigenvalue weighted by Gasteiger charge is -2.39. The van der Waals surface area contributed by atoms with Crippen molar-refractivity contribution in [2.45, 2.75) is 104 Å². The predicted molar refractivity (Wildman–Crippen MR) is 152 cm³/mol. The van der Waals surface area contributed by atoms with Crippen molar-refractivity contribution in [1.82, 2.24) is 19.5 Å². The van der Waals surface area contributed by atoms with Crippen molar-refractivity contribution in [2.75, 3.05) is 38.5 Å². The SMILES string of the molecule is CCCC[N+](CCCC)(CCCC)CCCC.Nc1nc2c(ncn2[C@@H]2O[C@@H]3COP(=O)(O)O[C@@H]3C2O)c(=O)[nH]1. The number of nitrogens with zero attached hydrogens (tertiary/aromatic N) is 4. The number of anilines is 1. The molecule has 2 fully saturated rings. The minimum absolute atomic E-state index is 0.0230. The first kappa shape index (κ1) is 32.7. The number of H-pyrrole nitrogens is 1. The Morgan fingerprint density at radius 2 is 1.62 bits per heavy atom. The van der Waals surface area contributed by atoms with Gasteiger partial charge in [0.05, 0.1) is 39.1 Å². The maximum atomic E-state index is 11.8. The van der Waals surface area contributed by atoms with Crippen LogP contribution in [0.2, 0.25) is 0 Å². The fourth-order valence-corrected chi connectivity index (χ4v) is 6.30. The predicted octanol–water partition coefficient (Wildman–Crippen LogP) is 3.48. The van der Waals surface area contributed by atoms with Crippen LogP contribution in [0, 0.1) is 0 Å². The van der Waals surface area contributed by atoms with Gasteiger partial charge in [-0.05, 0) is 25.7 Å². The lowest BCUT2D eigenvalue weighted by molar-refractivity contribution is -0.929. The second-order valence-electron chi connectivity index (χ2n) is 10.8. The van der Waals surface area contributed by atoms with E-state index in [1.165, 1.54) is 92.9 Å². The summed E-state index contributed by atoms with van der Waals surface area (Å²) in [7, 11) is -4.22. The first-order chi connectivity index (χ1) is 19.1. The number of imidazole rings is 1. The summed E-state index contributed by atoms with van der Waals surface area (Å²) in [5.41, 5.74) is 5.12. The number of nitrogens with two attached hydrogens (primary N) is 1. The molecule has 2 aliphatic heterocycles. The van der Waals surface area contributed by atoms with Crippen LogP contribution in [0.4, 0.5) is 5.95 Å². The molecule has 4 heterocycles. The van der Waals surface area contributed by atoms with E-state index in [0.29, 0.717) is 0 Å². The van der Waals surface area contributed by atoms with Crippen molar-refractivity contribution in [3.05, 3.63) is 16.7 Å². The van der Waals surface area contributed by atoms with Gasteiger partial charge in [0.1, 0.15) is 18.3 Å². The van der Waals surface area contributed by atoms with Gasteiger partial charge in [-0.25, -0.2) is 9.55 Å². The number of phosphoric acid groups is 1. The zero-order chi connectivity index (χ0) is 29.3. The van der Waals surface area contributed by atoms with Crippen LogP contribution in [-0.2, 0) is 18.3 Å². The molecule has 2 aliphatic rings. The van der Waals surface area contributed by atoms with Crippen LogP contribution in [0.3, 0.4) is 0 Å². The maximum Gasteiger partial charge on any atom is 0.472 e. The number of aliphatic hydroxyl groups is 1. The number of rotatable bonds is 13. The zero-order valence-corrected chi connectivity index (χ0v) is 25.2. The molecule has 2 aromatic heterocycles. The molecule has 40 heavy (non-hydrogen) atoms. The second-order valence-corrected chi connectivity index (χ2v) is 12.2. The fourth-order valence-electron chi connectivity index (χ4n) is 5.34. The van der Waals surface area contributed by atoms with E-state index >= 15 is 0 Å². The number of hydrogen-bond donors (Lipinski definition) is 4. The van der Waals surface area contributed by atoms with Gasteiger partial charge in [0.15, 0.2) is 17.4 Å². The lowest BCUT2D eigenvalue weighted by atomic mass is 10.1. The number of nitrogen functional groups attached to an aromatic ring is 1. The Kier molecular flexibility index (Phi) is 12.1. The number of aliphatic hydroxyl groups excluding tert-OH is 1. The monoisotopic (exact) mass is 587 g/mol. The van der Waals surface area contributed by atoms with E-state index in [1.807, 2.05) is 0 Å². The van der Waals surface area contributed by atoms with Gasteiger partial charge in [0.2, 0.25) is 5.95 Å². The molecule has 2 aromatic rings. The van der Waals surface area contributed by atoms with Crippen LogP contribution < -0.4 is 11.3 Å². The minimum Gasteiger partial charge on any atom is -0.386 e. The summed E-state index contributed by atoms with van der Waals surface area (Å²) in [6.07, 6.45) is 8.21. The lowest BCUT2D eigenvalue weighted by Crippen LogP contribution is -2.50. The Bertz CT molecular complexity index is 1140. The Balaban J connectivity index is 0.000000234. The third kappa shape index (κ3) is 8.12. The topological polar surface area (TPSA) is 175 Å². The van der Waals surface area contributed by atoms with E-state index in [2.05, 4.69) is 47.2 Å². The molecule has 228 valence electrons. The first-order valence-electron chi connectivity index (χ1n) is 14.7. The standard InChI is InChI=1S/C16H36N.C10H12N5O7P/c1-5-9-13-17(14-10-6-2,15-11-7-3)16-12-8-4;11-10-13-7-4(8(17)14-10)12-2-15(7)9-5(16)6-3(21-9)1-20-23(18,19)22-6/h5-16H2,1-4H3;2-3,5-6,9,16H,1H2,(H,18,19)(H3,11,13,14,17)/q+1;/t;3-,5?,6+,9-/m.1/s1. The summed E-state index contributed by atoms with van der Waals surface area (Å²) in [6.45, 7) is 14.8. The van der Waals surface area contributed by atoms with Gasteiger partial charge in [-0.2, -0.15) is 4.98 Å². The van der Waals surface area contributed by atoms with Gasteiger partial charge in [0, 0.05) is 0 Å². The van der Waals surface area contributed by atoms with E-state index in [0.717, 1.165) is 0 Å². The van der Waals surface area contributed by atoms with Crippen LogP contribution in [0.15, 0.2) is 11.1 Å². The number of phosphoric ester groups is 1. The Labute approximate surface area is 236 Å². The molecule has 0 spiro atoms. The van der Waals surface area contributed by atoms with Crippen LogP contribution in [-0.4, -0.2) is 85.1 Å². The fraction of sp³-hybridized carbons (Fsp3) is 0.808. The van der Waals surface area contributed by atoms with Crippen molar-refractivity contribution in [3.63, 3.8) is 0 Å². The Morgan fingerprint density at radius 1 is 1.07 bits per heavy atom. The number of fused-ring (bicyclic) bond motifs is 2. The van der Waals surface area contributed by atoms with Gasteiger partial charge in [-0.15, -0.1) is 0 Å². The number of aromatic amines is 1. The van der Waals surface area contributed by atoms with Gasteiger partial charge < -0.3 is 25.0 Å². The molecule has 0 bridgehead atoms. The van der Waals surface area contributed by atoms with E-state index in [4.69, 9.17) is 15.0 Å². The number of hydrogen-bond acceptors (Lipinski definition) is 9. The number of quaternary nitrogens is 1. The van der Waals surface area contributed by atoms with Crippen molar-refractivity contribution in [3.8, 4) is 0 Å². The molecule has 5 atom stereocenters. The Hall–Kier alpha value is -1.86. The summed E-state index contributed by atoms with van der Waals surface area (Å²) in [6, 6.07) is 0. The number of unbranched alkanes of at least 4 members (excludes halogenated alkanes) is 4. The summed E-state index contributed by atoms with van der Waals surface area (Å²) in [5.74, 6) is -0.117. The molecule has 13 nitrogen and oxygen atoms in total. The van der Waals surface area contributed by atoms with E-state index in [9.17, 15) is 19.4 Å². The molecule has 0 aromatic carbocycles. The van der Waals surface area contributed by atoms with Gasteiger partial charge in [-0.1, -0.05) is 53.4 Å². The minimum atomic E-state index is -4.22. The molecule has 0 aliphatic carbocycles. The zero-order valence-electron chi connectivity index (χ0n) is 24.3. The van der Waals surface area contributed by atoms with E-state index in [1.54, 1.807) is 0 Å². The summed E-state index contributed by atoms with van der Waals surface area (Å²) >= 11 is 0. The van der Waals surface area contributed by atoms with Gasteiger partial charge in [0.25, 0.3) is 5.56 Å². The average Bonchev–Trinajstić information content (AvgIpc) is 3.48. The quantitative estimate of drug-likeness (QED) is 0.201. The van der Waals surface area contributed by atoms with Crippen molar-refractivity contribution < 1.29 is 32.8 Å². The van der Waals surface area contributed by atoms with E-state index in [-0.39, 0.29) is 23.7 Å². The largest absolute Gasteiger partial charge is 0.472 e. The highest BCUT2D eigenvalue weighted by Crippen LogP contribution is 2.52. The molecule has 14 heteroatoms. The first-order valence-corrected chi connectivity index (χ1v) is 16.2. The maximum absolute atomic E-state index is 11.8. The normalized spacial score (nSPS) is 26.4. The molecule has 5 N–H and O–H groups in total. The van der Waals surface area contributed by atoms with Gasteiger partial charge >= 0.3 is 7.82 Å². The van der Waals surface area contributed by atoms with Crippen molar-refractivity contribution in [2.24, 2.45) is 0 Å². The van der Waals surface area contributed by atoms with Gasteiger partial charge in [-0.3, -0.25) is 23.4 Å². The molecule has 2 saturated heterocycles. The smallest absolute Gasteiger partial charge is 0.386 e. The Morgan fingerprint density at radius 3 is 2.15 bits per heavy atom. The number of aromatic nitrogens is 4. The second kappa shape index (κ2) is 14.9. The number of nitrogens with one attached hydrogen (secondary N) is 1. The third-order valence-electron chi connectivity index (χ3n) is 7.64. The highest BCUT2D eigenvalue weighted by atomic mass is 31.2. The number of ether oxygens (including phenoxy) is 1. The van der Waals surface area contributed by atoms with Crippen LogP contribution in [0.5, 0.6) is 0 Å². The summed E-state index contributed by atoms with van der Waals surface area (Å²) in [5, 5.41) is 10.4. The molecule has 0 amide bonds. The van der Waals surface area contributed by atoms with Crippen LogP contribution in [0.1, 0.15) is 85.3 Å². The molecule has 2 unspecified atom stereocenters. The summed E-state index contributed by atoms with van der Waals surface area (Å²) in [4.78, 5) is 31.3. The molecular formula is C26H48N6O7P+. The summed E-state index contributed by atoms with van der Waals surface area (Å²) < 4.78 is 29.3. The average molecular weight is 588 g/mol. The molecular weight excluding hydrogens is 539 g/mol. The highest BCUT2D eigenvalue weighted by molar-refractivity contribution is 7.47. The van der Waals surface area contributed by atoms with Crippen molar-refractivity contribution >= 4 is 24.9 Å². The molecule has 0 radical (unpaired) electrons.